The molecule has 0 saturated carbocycles. The van der Waals surface area contributed by atoms with Crippen molar-refractivity contribution in [3.05, 3.63) is 43.0 Å². The first kappa shape index (κ1) is 32.1. The van der Waals surface area contributed by atoms with Gasteiger partial charge in [-0.1, -0.05) is 6.58 Å². The van der Waals surface area contributed by atoms with E-state index in [-0.39, 0.29) is 23.6 Å². The van der Waals surface area contributed by atoms with Crippen molar-refractivity contribution in [2.75, 3.05) is 23.8 Å². The van der Waals surface area contributed by atoms with Crippen LogP contribution in [0.4, 0.5) is 69.1 Å². The molecule has 2 rings (SSSR count). The fourth-order valence-corrected chi connectivity index (χ4v) is 2.17. The minimum atomic E-state index is -6.09. The number of nitrogens with zero attached hydrogens (tertiary/aromatic N) is 2. The van der Waals surface area contributed by atoms with Gasteiger partial charge in [0.1, 0.15) is 5.75 Å². The van der Waals surface area contributed by atoms with Crippen LogP contribution in [-0.2, 0) is 0 Å². The number of anilines is 2. The van der Waals surface area contributed by atoms with Crippen molar-refractivity contribution in [1.29, 1.82) is 0 Å². The normalized spacial score (nSPS) is 12.9. The molecule has 20 heteroatoms. The molecule has 0 saturated heterocycles. The number of benzene rings is 1. The maximum atomic E-state index is 13.2. The molecule has 0 aliphatic rings. The molecule has 0 atom stereocenters. The van der Waals surface area contributed by atoms with Crippen molar-refractivity contribution < 1.29 is 71.7 Å². The lowest BCUT2D eigenvalue weighted by molar-refractivity contribution is -0.290. The number of hydrogen-bond donors (Lipinski definition) is 2. The average Bonchev–Trinajstić information content (AvgIpc) is 2.81. The zero-order chi connectivity index (χ0) is 30.6. The first-order valence-electron chi connectivity index (χ1n) is 10.1. The molecule has 0 aliphatic heterocycles. The van der Waals surface area contributed by atoms with E-state index in [1.807, 2.05) is 0 Å². The second-order valence-corrected chi connectivity index (χ2v) is 7.32. The highest BCUT2D eigenvalue weighted by Gasteiger charge is 2.59. The van der Waals surface area contributed by atoms with E-state index in [9.17, 15) is 57.5 Å². The van der Waals surface area contributed by atoms with E-state index in [4.69, 9.17) is 0 Å². The van der Waals surface area contributed by atoms with Gasteiger partial charge in [0, 0.05) is 11.8 Å². The Hall–Kier alpha value is -4.13. The Morgan fingerprint density at radius 1 is 0.775 bits per heavy atom. The van der Waals surface area contributed by atoms with Crippen LogP contribution >= 0.6 is 0 Å². The first-order valence-corrected chi connectivity index (χ1v) is 10.1. The van der Waals surface area contributed by atoms with Gasteiger partial charge in [0.15, 0.2) is 13.2 Å². The maximum Gasteiger partial charge on any atom is 0.456 e. The molecule has 0 radical (unpaired) electrons. The number of nitrogens with one attached hydrogen (secondary N) is 2. The Morgan fingerprint density at radius 3 is 1.62 bits per heavy atom. The van der Waals surface area contributed by atoms with Gasteiger partial charge in [-0.05, 0) is 24.3 Å². The Labute approximate surface area is 214 Å². The smallest absolute Gasteiger partial charge is 0.456 e. The van der Waals surface area contributed by atoms with Crippen LogP contribution in [0.2, 0.25) is 0 Å². The molecule has 0 bridgehead atoms. The zero-order valence-electron chi connectivity index (χ0n) is 19.1. The van der Waals surface area contributed by atoms with Crippen LogP contribution in [0, 0.1) is 0 Å². The lowest BCUT2D eigenvalue weighted by Crippen LogP contribution is -2.42. The molecule has 1 heterocycles. The molecule has 222 valence electrons. The van der Waals surface area contributed by atoms with E-state index in [1.54, 1.807) is 5.32 Å². The molecule has 2 aromatic rings. The standard InChI is InChI=1S/C20H14F12N4O4/c1-2-18(25,26)40-11-5-3-10(4-6-11)33-15(37)36-14-34-12(38-8-16(21,22)19(27,28)29)7-13(35-14)39-9-17(23,24)20(30,31)32/h2-7H,1,8-9H2,(H2,33,34,35,36,37). The lowest BCUT2D eigenvalue weighted by Gasteiger charge is -2.21. The van der Waals surface area contributed by atoms with Crippen molar-refractivity contribution in [3.63, 3.8) is 0 Å². The van der Waals surface area contributed by atoms with Crippen LogP contribution in [0.3, 0.4) is 0 Å². The van der Waals surface area contributed by atoms with Gasteiger partial charge >= 0.3 is 36.3 Å². The van der Waals surface area contributed by atoms with Crippen LogP contribution < -0.4 is 24.8 Å². The lowest BCUT2D eigenvalue weighted by atomic mass is 10.3. The summed E-state index contributed by atoms with van der Waals surface area (Å²) < 4.78 is 166. The van der Waals surface area contributed by atoms with Crippen molar-refractivity contribution in [2.24, 2.45) is 0 Å². The van der Waals surface area contributed by atoms with Gasteiger partial charge in [-0.3, -0.25) is 5.32 Å². The number of ether oxygens (including phenoxy) is 3. The quantitative estimate of drug-likeness (QED) is 0.228. The zero-order valence-corrected chi connectivity index (χ0v) is 19.1. The SMILES string of the molecule is C=CC(F)(F)Oc1ccc(NC(=O)Nc2nc(OCC(F)(F)C(F)(F)F)cc(OCC(F)(F)C(F)(F)F)n2)cc1. The fraction of sp³-hybridized carbons (Fsp3) is 0.350. The summed E-state index contributed by atoms with van der Waals surface area (Å²) in [7, 11) is 0. The van der Waals surface area contributed by atoms with E-state index in [0.717, 1.165) is 24.3 Å². The van der Waals surface area contributed by atoms with Crippen LogP contribution in [0.25, 0.3) is 0 Å². The predicted molar refractivity (Wildman–Crippen MR) is 110 cm³/mol. The van der Waals surface area contributed by atoms with Crippen molar-refractivity contribution in [3.8, 4) is 17.5 Å². The molecule has 40 heavy (non-hydrogen) atoms. The minimum absolute atomic E-state index is 0.106. The van der Waals surface area contributed by atoms with Gasteiger partial charge in [-0.25, -0.2) is 4.79 Å². The van der Waals surface area contributed by atoms with E-state index in [1.165, 1.54) is 0 Å². The third kappa shape index (κ3) is 8.97. The average molecular weight is 602 g/mol. The Morgan fingerprint density at radius 2 is 1.23 bits per heavy atom. The summed E-state index contributed by atoms with van der Waals surface area (Å²) in [6, 6.07) is 2.95. The topological polar surface area (TPSA) is 94.6 Å². The number of hydrogen-bond acceptors (Lipinski definition) is 6. The highest BCUT2D eigenvalue weighted by molar-refractivity contribution is 5.98. The second-order valence-electron chi connectivity index (χ2n) is 7.32. The molecular weight excluding hydrogens is 588 g/mol. The van der Waals surface area contributed by atoms with Crippen LogP contribution in [0.1, 0.15) is 0 Å². The molecule has 0 aliphatic carbocycles. The highest BCUT2D eigenvalue weighted by atomic mass is 19.4. The van der Waals surface area contributed by atoms with Gasteiger partial charge in [0.05, 0.1) is 6.07 Å². The number of carbonyl (C=O) groups is 1. The monoisotopic (exact) mass is 602 g/mol. The maximum absolute atomic E-state index is 13.2. The molecule has 8 nitrogen and oxygen atoms in total. The number of amides is 2. The highest BCUT2D eigenvalue weighted by Crippen LogP contribution is 2.37. The van der Waals surface area contributed by atoms with Crippen molar-refractivity contribution in [1.82, 2.24) is 9.97 Å². The van der Waals surface area contributed by atoms with Crippen molar-refractivity contribution in [2.45, 2.75) is 30.3 Å². The van der Waals surface area contributed by atoms with Gasteiger partial charge in [0.2, 0.25) is 17.7 Å². The fourth-order valence-electron chi connectivity index (χ4n) is 2.17. The summed E-state index contributed by atoms with van der Waals surface area (Å²) in [6.45, 7) is -1.95. The summed E-state index contributed by atoms with van der Waals surface area (Å²) in [5.41, 5.74) is -0.106. The number of alkyl halides is 12. The molecule has 1 aromatic heterocycles. The van der Waals surface area contributed by atoms with Crippen LogP contribution in [0.5, 0.6) is 17.5 Å². The number of halogens is 12. The van der Waals surface area contributed by atoms with Crippen LogP contribution in [0.15, 0.2) is 43.0 Å². The van der Waals surface area contributed by atoms with Crippen molar-refractivity contribution >= 4 is 17.7 Å². The summed E-state index contributed by atoms with van der Waals surface area (Å²) in [6.07, 6.45) is -15.7. The number of aromatic nitrogens is 2. The van der Waals surface area contributed by atoms with E-state index >= 15 is 0 Å². The second kappa shape index (κ2) is 11.5. The number of carbonyl (C=O) groups excluding carboxylic acids is 1. The summed E-state index contributed by atoms with van der Waals surface area (Å²) in [4.78, 5) is 18.7. The summed E-state index contributed by atoms with van der Waals surface area (Å²) in [5.74, 6) is -14.8. The largest absolute Gasteiger partial charge is 0.471 e. The van der Waals surface area contributed by atoms with E-state index in [2.05, 4.69) is 36.1 Å². The molecule has 1 aromatic carbocycles. The van der Waals surface area contributed by atoms with E-state index in [0.29, 0.717) is 0 Å². The molecule has 2 N–H and O–H groups in total. The molecule has 2 amide bonds. The minimum Gasteiger partial charge on any atom is -0.471 e. The Bertz CT molecular complexity index is 1140. The first-order chi connectivity index (χ1) is 18.1. The molecule has 0 unspecified atom stereocenters. The predicted octanol–water partition coefficient (Wildman–Crippen LogP) is 6.43. The van der Waals surface area contributed by atoms with E-state index < -0.39 is 67.3 Å². The number of rotatable bonds is 11. The summed E-state index contributed by atoms with van der Waals surface area (Å²) in [5, 5.41) is 3.85. The third-order valence-corrected chi connectivity index (χ3v) is 4.14. The summed E-state index contributed by atoms with van der Waals surface area (Å²) >= 11 is 0. The van der Waals surface area contributed by atoms with Crippen LogP contribution in [-0.4, -0.2) is 59.5 Å². The Balaban J connectivity index is 2.22. The van der Waals surface area contributed by atoms with Gasteiger partial charge < -0.3 is 19.5 Å². The Kier molecular flexibility index (Phi) is 9.26. The van der Waals surface area contributed by atoms with Gasteiger partial charge in [0.25, 0.3) is 0 Å². The molecule has 0 fully saturated rings. The van der Waals surface area contributed by atoms with Gasteiger partial charge in [-0.15, -0.1) is 0 Å². The van der Waals surface area contributed by atoms with Gasteiger partial charge in [-0.2, -0.15) is 62.7 Å². The third-order valence-electron chi connectivity index (χ3n) is 4.14. The molecular formula is C20H14F12N4O4. The number of urea groups is 1. The molecule has 0 spiro atoms.